The summed E-state index contributed by atoms with van der Waals surface area (Å²) in [5, 5.41) is 0. The minimum absolute atomic E-state index is 0.128. The number of carbonyl (C=O) groups is 2. The number of ether oxygens (including phenoxy) is 2. The van der Waals surface area contributed by atoms with Crippen molar-refractivity contribution < 1.29 is 19.1 Å². The average molecular weight is 373 g/mol. The quantitative estimate of drug-likeness (QED) is 0.665. The maximum Gasteiger partial charge on any atom is 0.302 e. The third-order valence-electron chi connectivity index (χ3n) is 8.40. The summed E-state index contributed by atoms with van der Waals surface area (Å²) in [6.45, 7) is 8.18. The fraction of sp³-hybridized carbons (Fsp3) is 0.739. The van der Waals surface area contributed by atoms with Gasteiger partial charge in [-0.2, -0.15) is 0 Å². The van der Waals surface area contributed by atoms with E-state index in [0.717, 1.165) is 37.9 Å². The van der Waals surface area contributed by atoms with Crippen LogP contribution in [0.2, 0.25) is 0 Å². The van der Waals surface area contributed by atoms with Crippen molar-refractivity contribution in [3.63, 3.8) is 0 Å². The number of hydrogen-bond acceptors (Lipinski definition) is 4. The Bertz CT molecular complexity index is 747. The molecule has 27 heavy (non-hydrogen) atoms. The zero-order valence-corrected chi connectivity index (χ0v) is 17.3. The van der Waals surface area contributed by atoms with Gasteiger partial charge in [-0.05, 0) is 61.0 Å². The molecule has 0 bridgehead atoms. The molecule has 6 atom stereocenters. The van der Waals surface area contributed by atoms with Crippen molar-refractivity contribution in [2.75, 3.05) is 7.11 Å². The number of allylic oxidation sites excluding steroid dienone is 4. The van der Waals surface area contributed by atoms with E-state index < -0.39 is 0 Å². The van der Waals surface area contributed by atoms with Crippen LogP contribution >= 0.6 is 0 Å². The van der Waals surface area contributed by atoms with Gasteiger partial charge in [-0.1, -0.05) is 19.9 Å². The summed E-state index contributed by atoms with van der Waals surface area (Å²) in [4.78, 5) is 24.5. The van der Waals surface area contributed by atoms with Crippen molar-refractivity contribution in [1.82, 2.24) is 0 Å². The monoisotopic (exact) mass is 372 g/mol. The van der Waals surface area contributed by atoms with Crippen LogP contribution in [-0.4, -0.2) is 25.0 Å². The second-order valence-corrected chi connectivity index (χ2v) is 9.55. The van der Waals surface area contributed by atoms with Gasteiger partial charge in [-0.3, -0.25) is 9.59 Å². The standard InChI is InChI=1S/C23H32O4/c1-13-16-7-6-15-17(22(16,3)11-9-18(13)26-5)8-10-23(4)20(25)12-19(21(15)23)27-14(2)24/h7,15,17,19,21H,6,8-12H2,1-5H3/t15-,17-,19?,21-,22+,23-/m1/s1. The van der Waals surface area contributed by atoms with Crippen LogP contribution in [0.5, 0.6) is 0 Å². The summed E-state index contributed by atoms with van der Waals surface area (Å²) in [6.07, 6.45) is 7.58. The summed E-state index contributed by atoms with van der Waals surface area (Å²) < 4.78 is 11.3. The maximum atomic E-state index is 12.9. The lowest BCUT2D eigenvalue weighted by atomic mass is 9.48. The summed E-state index contributed by atoms with van der Waals surface area (Å²) in [5.41, 5.74) is 2.55. The minimum atomic E-state index is -0.333. The zero-order chi connectivity index (χ0) is 19.6. The molecular formula is C23H32O4. The highest BCUT2D eigenvalue weighted by atomic mass is 16.5. The van der Waals surface area contributed by atoms with Crippen molar-refractivity contribution >= 4 is 11.8 Å². The number of Topliss-reactive ketones (excluding diaryl/α,β-unsaturated/α-hetero) is 1. The predicted molar refractivity (Wildman–Crippen MR) is 103 cm³/mol. The van der Waals surface area contributed by atoms with Crippen LogP contribution in [0.3, 0.4) is 0 Å². The first kappa shape index (κ1) is 18.8. The van der Waals surface area contributed by atoms with E-state index in [4.69, 9.17) is 9.47 Å². The molecule has 0 saturated heterocycles. The normalized spacial score (nSPS) is 43.4. The van der Waals surface area contributed by atoms with Crippen LogP contribution in [0.4, 0.5) is 0 Å². The van der Waals surface area contributed by atoms with Crippen LogP contribution in [-0.2, 0) is 19.1 Å². The molecule has 4 rings (SSSR count). The van der Waals surface area contributed by atoms with E-state index in [-0.39, 0.29) is 28.8 Å². The van der Waals surface area contributed by atoms with Gasteiger partial charge < -0.3 is 9.47 Å². The smallest absolute Gasteiger partial charge is 0.302 e. The summed E-state index contributed by atoms with van der Waals surface area (Å²) in [5.74, 6) is 2.23. The molecule has 0 radical (unpaired) electrons. The van der Waals surface area contributed by atoms with Crippen LogP contribution in [0, 0.1) is 28.6 Å². The van der Waals surface area contributed by atoms with Crippen LogP contribution in [0.1, 0.15) is 66.2 Å². The minimum Gasteiger partial charge on any atom is -0.501 e. The van der Waals surface area contributed by atoms with Gasteiger partial charge >= 0.3 is 5.97 Å². The molecule has 0 N–H and O–H groups in total. The highest BCUT2D eigenvalue weighted by Crippen LogP contribution is 2.64. The molecule has 0 aromatic carbocycles. The van der Waals surface area contributed by atoms with Gasteiger partial charge in [0.25, 0.3) is 0 Å². The van der Waals surface area contributed by atoms with Gasteiger partial charge in [0.15, 0.2) is 0 Å². The van der Waals surface area contributed by atoms with Crippen molar-refractivity contribution in [1.29, 1.82) is 0 Å². The van der Waals surface area contributed by atoms with Gasteiger partial charge in [0.05, 0.1) is 12.9 Å². The molecule has 4 nitrogen and oxygen atoms in total. The fourth-order valence-electron chi connectivity index (χ4n) is 7.10. The number of rotatable bonds is 2. The average Bonchev–Trinajstić information content (AvgIpc) is 2.85. The third kappa shape index (κ3) is 2.55. The molecule has 4 aliphatic carbocycles. The van der Waals surface area contributed by atoms with Crippen molar-refractivity contribution in [2.45, 2.75) is 72.3 Å². The molecule has 2 saturated carbocycles. The first-order valence-corrected chi connectivity index (χ1v) is 10.4. The summed E-state index contributed by atoms with van der Waals surface area (Å²) in [6, 6.07) is 0. The van der Waals surface area contributed by atoms with E-state index in [1.165, 1.54) is 18.1 Å². The number of carbonyl (C=O) groups excluding carboxylic acids is 2. The van der Waals surface area contributed by atoms with Crippen LogP contribution < -0.4 is 0 Å². The Morgan fingerprint density at radius 1 is 1.22 bits per heavy atom. The number of hydrogen-bond donors (Lipinski definition) is 0. The molecule has 1 unspecified atom stereocenters. The van der Waals surface area contributed by atoms with E-state index in [2.05, 4.69) is 26.8 Å². The lowest BCUT2D eigenvalue weighted by molar-refractivity contribution is -0.154. The van der Waals surface area contributed by atoms with E-state index in [0.29, 0.717) is 24.0 Å². The molecule has 0 heterocycles. The first-order chi connectivity index (χ1) is 12.7. The van der Waals surface area contributed by atoms with E-state index in [1.54, 1.807) is 7.11 Å². The molecule has 2 fully saturated rings. The third-order valence-corrected chi connectivity index (χ3v) is 8.40. The number of fused-ring (bicyclic) bond motifs is 5. The molecule has 0 aliphatic heterocycles. The second-order valence-electron chi connectivity index (χ2n) is 9.55. The van der Waals surface area contributed by atoms with Crippen molar-refractivity contribution in [3.05, 3.63) is 23.0 Å². The highest BCUT2D eigenvalue weighted by molar-refractivity contribution is 5.88. The first-order valence-electron chi connectivity index (χ1n) is 10.4. The molecule has 0 aromatic heterocycles. The number of methoxy groups -OCH3 is 1. The topological polar surface area (TPSA) is 52.6 Å². The molecule has 148 valence electrons. The summed E-state index contributed by atoms with van der Waals surface area (Å²) in [7, 11) is 1.77. The van der Waals surface area contributed by atoms with E-state index in [9.17, 15) is 9.59 Å². The van der Waals surface area contributed by atoms with Gasteiger partial charge in [-0.25, -0.2) is 0 Å². The second kappa shape index (κ2) is 6.22. The van der Waals surface area contributed by atoms with E-state index in [1.807, 2.05) is 0 Å². The van der Waals surface area contributed by atoms with Crippen LogP contribution in [0.25, 0.3) is 0 Å². The number of esters is 1. The molecular weight excluding hydrogens is 340 g/mol. The van der Waals surface area contributed by atoms with Gasteiger partial charge in [0.1, 0.15) is 11.9 Å². The lowest BCUT2D eigenvalue weighted by Crippen LogP contribution is -2.52. The lowest BCUT2D eigenvalue weighted by Gasteiger charge is -2.56. The Labute approximate surface area is 162 Å². The Morgan fingerprint density at radius 2 is 1.96 bits per heavy atom. The predicted octanol–water partition coefficient (Wildman–Crippen LogP) is 4.59. The fourth-order valence-corrected chi connectivity index (χ4v) is 7.10. The molecule has 0 spiro atoms. The Kier molecular flexibility index (Phi) is 4.32. The van der Waals surface area contributed by atoms with Crippen molar-refractivity contribution in [3.8, 4) is 0 Å². The summed E-state index contributed by atoms with van der Waals surface area (Å²) >= 11 is 0. The van der Waals surface area contributed by atoms with Gasteiger partial charge in [0, 0.05) is 31.1 Å². The zero-order valence-electron chi connectivity index (χ0n) is 17.3. The SMILES string of the molecule is COC1=C(C)C2=CC[C@@H]3[C@@H](CC[C@]4(C)C(=O)CC(OC(C)=O)[C@@H]34)[C@@]2(C)CC1. The Morgan fingerprint density at radius 3 is 2.63 bits per heavy atom. The maximum absolute atomic E-state index is 12.9. The van der Waals surface area contributed by atoms with Crippen molar-refractivity contribution in [2.24, 2.45) is 28.6 Å². The van der Waals surface area contributed by atoms with Gasteiger partial charge in [-0.15, -0.1) is 0 Å². The van der Waals surface area contributed by atoms with Crippen LogP contribution in [0.15, 0.2) is 23.0 Å². The molecule has 0 aromatic rings. The largest absolute Gasteiger partial charge is 0.501 e. The molecule has 4 aliphatic rings. The Balaban J connectivity index is 1.74. The Hall–Kier alpha value is -1.58. The molecule has 0 amide bonds. The molecule has 4 heteroatoms. The number of ketones is 1. The van der Waals surface area contributed by atoms with Gasteiger partial charge in [0.2, 0.25) is 0 Å². The highest BCUT2D eigenvalue weighted by Gasteiger charge is 2.62. The van der Waals surface area contributed by atoms with E-state index >= 15 is 0 Å².